The lowest BCUT2D eigenvalue weighted by Gasteiger charge is -2.26. The Morgan fingerprint density at radius 1 is 0.562 bits per heavy atom. The summed E-state index contributed by atoms with van der Waals surface area (Å²) in [6, 6.07) is 21.1. The molecule has 0 unspecified atom stereocenters. The van der Waals surface area contributed by atoms with Crippen molar-refractivity contribution in [2.24, 2.45) is 10.3 Å². The van der Waals surface area contributed by atoms with Gasteiger partial charge in [0.1, 0.15) is 0 Å². The Balaban J connectivity index is 0.000000181. The van der Waals surface area contributed by atoms with Gasteiger partial charge >= 0.3 is 0 Å². The maximum absolute atomic E-state index is 8.65. The number of oxime groups is 2. The van der Waals surface area contributed by atoms with E-state index in [0.29, 0.717) is 0 Å². The van der Waals surface area contributed by atoms with E-state index in [2.05, 4.69) is 68.6 Å². The summed E-state index contributed by atoms with van der Waals surface area (Å²) in [5.41, 5.74) is 4.67. The van der Waals surface area contributed by atoms with Crippen LogP contribution in [0.4, 0.5) is 0 Å². The fourth-order valence-electron chi connectivity index (χ4n) is 4.13. The molecule has 0 bridgehead atoms. The smallest absolute Gasteiger partial charge is 0.0596 e. The first kappa shape index (κ1) is 24.0. The van der Waals surface area contributed by atoms with Gasteiger partial charge in [-0.05, 0) is 24.0 Å². The molecular weight excluding hydrogens is 400 g/mol. The van der Waals surface area contributed by atoms with Crippen molar-refractivity contribution in [3.05, 3.63) is 71.8 Å². The van der Waals surface area contributed by atoms with Gasteiger partial charge in [0.15, 0.2) is 0 Å². The SMILES string of the molecule is ON=C1CCN(CCc2ccccc2)CC1.ON=C1CCN(CCc2ccccc2)CC1. The monoisotopic (exact) mass is 436 g/mol. The van der Waals surface area contributed by atoms with Crippen LogP contribution in [0.1, 0.15) is 36.8 Å². The van der Waals surface area contributed by atoms with Gasteiger partial charge in [0.05, 0.1) is 11.4 Å². The summed E-state index contributed by atoms with van der Waals surface area (Å²) in [5, 5.41) is 23.9. The summed E-state index contributed by atoms with van der Waals surface area (Å²) >= 11 is 0. The molecule has 0 saturated carbocycles. The molecule has 6 nitrogen and oxygen atoms in total. The van der Waals surface area contributed by atoms with Crippen molar-refractivity contribution in [2.75, 3.05) is 39.3 Å². The number of nitrogens with zero attached hydrogens (tertiary/aromatic N) is 4. The van der Waals surface area contributed by atoms with Gasteiger partial charge in [0.2, 0.25) is 0 Å². The summed E-state index contributed by atoms with van der Waals surface area (Å²) in [6.45, 7) is 6.28. The highest BCUT2D eigenvalue weighted by atomic mass is 16.4. The predicted molar refractivity (Wildman–Crippen MR) is 130 cm³/mol. The molecule has 0 aliphatic carbocycles. The molecule has 2 aromatic carbocycles. The van der Waals surface area contributed by atoms with E-state index in [1.165, 1.54) is 11.1 Å². The van der Waals surface area contributed by atoms with Crippen LogP contribution < -0.4 is 0 Å². The molecule has 0 radical (unpaired) electrons. The highest BCUT2D eigenvalue weighted by Gasteiger charge is 2.15. The molecule has 6 heteroatoms. The minimum Gasteiger partial charge on any atom is -0.411 e. The molecule has 2 N–H and O–H groups in total. The maximum Gasteiger partial charge on any atom is 0.0596 e. The Bertz CT molecular complexity index is 748. The Hall–Kier alpha value is -2.70. The van der Waals surface area contributed by atoms with Crippen LogP contribution in [0, 0.1) is 0 Å². The molecule has 2 heterocycles. The number of likely N-dealkylation sites (tertiary alicyclic amines) is 2. The lowest BCUT2D eigenvalue weighted by molar-refractivity contribution is 0.265. The molecule has 0 amide bonds. The second-order valence-corrected chi connectivity index (χ2v) is 8.49. The largest absolute Gasteiger partial charge is 0.411 e. The zero-order valence-electron chi connectivity index (χ0n) is 18.9. The number of hydrogen-bond acceptors (Lipinski definition) is 6. The van der Waals surface area contributed by atoms with E-state index in [1.807, 2.05) is 12.1 Å². The molecule has 4 rings (SSSR count). The maximum atomic E-state index is 8.65. The van der Waals surface area contributed by atoms with Gasteiger partial charge in [-0.25, -0.2) is 0 Å². The molecule has 172 valence electrons. The van der Waals surface area contributed by atoms with Crippen LogP contribution in [0.2, 0.25) is 0 Å². The molecule has 2 aromatic rings. The van der Waals surface area contributed by atoms with E-state index in [-0.39, 0.29) is 0 Å². The molecule has 2 saturated heterocycles. The Morgan fingerprint density at radius 3 is 1.22 bits per heavy atom. The van der Waals surface area contributed by atoms with Crippen molar-refractivity contribution in [1.82, 2.24) is 9.80 Å². The molecule has 0 aromatic heterocycles. The fraction of sp³-hybridized carbons (Fsp3) is 0.462. The second-order valence-electron chi connectivity index (χ2n) is 8.49. The van der Waals surface area contributed by atoms with Gasteiger partial charge in [-0.2, -0.15) is 0 Å². The average Bonchev–Trinajstić information content (AvgIpc) is 2.88. The topological polar surface area (TPSA) is 71.7 Å². The van der Waals surface area contributed by atoms with E-state index in [1.54, 1.807) is 0 Å². The molecule has 32 heavy (non-hydrogen) atoms. The van der Waals surface area contributed by atoms with E-state index in [0.717, 1.165) is 89.2 Å². The summed E-state index contributed by atoms with van der Waals surface area (Å²) in [7, 11) is 0. The van der Waals surface area contributed by atoms with Crippen molar-refractivity contribution in [3.63, 3.8) is 0 Å². The summed E-state index contributed by atoms with van der Waals surface area (Å²) in [5.74, 6) is 0. The van der Waals surface area contributed by atoms with Crippen LogP contribution in [0.5, 0.6) is 0 Å². The molecule has 2 aliphatic heterocycles. The third-order valence-corrected chi connectivity index (χ3v) is 6.27. The van der Waals surface area contributed by atoms with Crippen LogP contribution in [0.3, 0.4) is 0 Å². The number of benzene rings is 2. The van der Waals surface area contributed by atoms with Crippen molar-refractivity contribution in [3.8, 4) is 0 Å². The average molecular weight is 437 g/mol. The second kappa shape index (κ2) is 13.7. The van der Waals surface area contributed by atoms with Crippen molar-refractivity contribution >= 4 is 11.4 Å². The van der Waals surface area contributed by atoms with E-state index < -0.39 is 0 Å². The standard InChI is InChI=1S/2C13H18N2O/c2*16-14-13-7-10-15(11-8-13)9-6-12-4-2-1-3-5-12/h2*1-5,16H,6-11H2. The lowest BCUT2D eigenvalue weighted by Crippen LogP contribution is -2.35. The predicted octanol–water partition coefficient (Wildman–Crippen LogP) is 4.31. The van der Waals surface area contributed by atoms with Gasteiger partial charge in [-0.3, -0.25) is 0 Å². The number of hydrogen-bond donors (Lipinski definition) is 2. The fourth-order valence-corrected chi connectivity index (χ4v) is 4.13. The molecular formula is C26H36N4O2. The van der Waals surface area contributed by atoms with Crippen molar-refractivity contribution in [2.45, 2.75) is 38.5 Å². The quantitative estimate of drug-likeness (QED) is 0.523. The van der Waals surface area contributed by atoms with Crippen molar-refractivity contribution in [1.29, 1.82) is 0 Å². The third-order valence-electron chi connectivity index (χ3n) is 6.27. The van der Waals surface area contributed by atoms with Crippen LogP contribution in [0.15, 0.2) is 71.0 Å². The molecule has 0 atom stereocenters. The first-order valence-electron chi connectivity index (χ1n) is 11.7. The van der Waals surface area contributed by atoms with Gasteiger partial charge in [0.25, 0.3) is 0 Å². The van der Waals surface area contributed by atoms with E-state index >= 15 is 0 Å². The van der Waals surface area contributed by atoms with Crippen LogP contribution >= 0.6 is 0 Å². The Kier molecular flexibility index (Phi) is 10.2. The van der Waals surface area contributed by atoms with Crippen molar-refractivity contribution < 1.29 is 10.4 Å². The highest BCUT2D eigenvalue weighted by Crippen LogP contribution is 2.10. The summed E-state index contributed by atoms with van der Waals surface area (Å²) in [4.78, 5) is 4.86. The van der Waals surface area contributed by atoms with E-state index in [9.17, 15) is 0 Å². The number of rotatable bonds is 6. The zero-order chi connectivity index (χ0) is 22.4. The summed E-state index contributed by atoms with van der Waals surface area (Å²) in [6.07, 6.45) is 5.84. The Morgan fingerprint density at radius 2 is 0.906 bits per heavy atom. The Labute approximate surface area is 191 Å². The van der Waals surface area contributed by atoms with E-state index in [4.69, 9.17) is 10.4 Å². The van der Waals surface area contributed by atoms with Crippen LogP contribution in [-0.2, 0) is 12.8 Å². The third kappa shape index (κ3) is 8.44. The minimum atomic E-state index is 0.908. The lowest BCUT2D eigenvalue weighted by atomic mass is 10.1. The first-order chi connectivity index (χ1) is 15.8. The first-order valence-corrected chi connectivity index (χ1v) is 11.7. The minimum absolute atomic E-state index is 0.908. The summed E-state index contributed by atoms with van der Waals surface area (Å²) < 4.78 is 0. The highest BCUT2D eigenvalue weighted by molar-refractivity contribution is 5.85. The normalized spacial score (nSPS) is 17.4. The number of piperidine rings is 2. The zero-order valence-corrected chi connectivity index (χ0v) is 18.9. The molecule has 0 spiro atoms. The van der Waals surface area contributed by atoms with Gasteiger partial charge in [0, 0.05) is 65.0 Å². The van der Waals surface area contributed by atoms with Crippen LogP contribution in [-0.4, -0.2) is 70.9 Å². The van der Waals surface area contributed by atoms with Crippen LogP contribution in [0.25, 0.3) is 0 Å². The van der Waals surface area contributed by atoms with Gasteiger partial charge in [-0.1, -0.05) is 71.0 Å². The molecule has 2 fully saturated rings. The van der Waals surface area contributed by atoms with Gasteiger partial charge in [-0.15, -0.1) is 0 Å². The van der Waals surface area contributed by atoms with Gasteiger partial charge < -0.3 is 20.2 Å². The molecule has 2 aliphatic rings.